The van der Waals surface area contributed by atoms with E-state index < -0.39 is 0 Å². The second-order valence-corrected chi connectivity index (χ2v) is 6.49. The third kappa shape index (κ3) is 3.49. The van der Waals surface area contributed by atoms with Gasteiger partial charge in [0.2, 0.25) is 0 Å². The van der Waals surface area contributed by atoms with E-state index in [2.05, 4.69) is 88.2 Å². The Hall–Kier alpha value is -0.600. The minimum atomic E-state index is 0.256. The highest BCUT2D eigenvalue weighted by atomic mass is 79.9. The number of hydrogen-bond donors (Lipinski definition) is 0. The molecule has 0 bridgehead atoms. The molecule has 19 heavy (non-hydrogen) atoms. The Balaban J connectivity index is 2.44. The largest absolute Gasteiger partial charge is 0.0786 e. The van der Waals surface area contributed by atoms with Crippen LogP contribution in [0.5, 0.6) is 0 Å². The van der Waals surface area contributed by atoms with Gasteiger partial charge in [0.1, 0.15) is 0 Å². The Kier molecular flexibility index (Phi) is 5.23. The van der Waals surface area contributed by atoms with Crippen molar-refractivity contribution in [2.24, 2.45) is 0 Å². The molecule has 1 unspecified atom stereocenters. The molecule has 0 aromatic heterocycles. The summed E-state index contributed by atoms with van der Waals surface area (Å²) in [5, 5.41) is 0. The summed E-state index contributed by atoms with van der Waals surface area (Å²) in [6.07, 6.45) is 2.14. The Labute approximate surface area is 132 Å². The molecule has 0 nitrogen and oxygen atoms in total. The van der Waals surface area contributed by atoms with Gasteiger partial charge in [0.05, 0.1) is 4.83 Å². The van der Waals surface area contributed by atoms with Crippen molar-refractivity contribution in [3.63, 3.8) is 0 Å². The fraction of sp³-hybridized carbons (Fsp3) is 0.294. The zero-order valence-electron chi connectivity index (χ0n) is 11.3. The van der Waals surface area contributed by atoms with Crippen LogP contribution in [0.3, 0.4) is 0 Å². The predicted octanol–water partition coefficient (Wildman–Crippen LogP) is 6.06. The molecule has 0 fully saturated rings. The maximum atomic E-state index is 3.86. The lowest BCUT2D eigenvalue weighted by Gasteiger charge is -2.16. The summed E-state index contributed by atoms with van der Waals surface area (Å²) in [5.41, 5.74) is 5.49. The molecule has 0 radical (unpaired) electrons. The monoisotopic (exact) mass is 380 g/mol. The quantitative estimate of drug-likeness (QED) is 0.564. The lowest BCUT2D eigenvalue weighted by Crippen LogP contribution is -1.99. The molecule has 0 heterocycles. The summed E-state index contributed by atoms with van der Waals surface area (Å²) in [4.78, 5) is 0.256. The molecular weight excluding hydrogens is 364 g/mol. The summed E-state index contributed by atoms with van der Waals surface area (Å²) < 4.78 is 1.12. The summed E-state index contributed by atoms with van der Waals surface area (Å²) in [6.45, 7) is 4.41. The fourth-order valence-corrected chi connectivity index (χ4v) is 3.39. The van der Waals surface area contributed by atoms with Gasteiger partial charge in [-0.05, 0) is 47.2 Å². The predicted molar refractivity (Wildman–Crippen MR) is 90.1 cm³/mol. The highest BCUT2D eigenvalue weighted by Gasteiger charge is 2.14. The van der Waals surface area contributed by atoms with Crippen LogP contribution in [-0.4, -0.2) is 0 Å². The zero-order valence-corrected chi connectivity index (χ0v) is 14.5. The Morgan fingerprint density at radius 1 is 1.00 bits per heavy atom. The first-order valence-electron chi connectivity index (χ1n) is 6.67. The minimum Gasteiger partial charge on any atom is -0.0786 e. The molecule has 0 saturated heterocycles. The summed E-state index contributed by atoms with van der Waals surface area (Å²) >= 11 is 7.41. The maximum absolute atomic E-state index is 3.86. The standard InChI is InChI=1S/C17H18Br2/c1-3-12-8-9-13(4-2)16(10-12)17(19)14-6-5-7-15(18)11-14/h5-11,17H,3-4H2,1-2H3. The van der Waals surface area contributed by atoms with E-state index in [1.54, 1.807) is 0 Å². The van der Waals surface area contributed by atoms with E-state index in [4.69, 9.17) is 0 Å². The molecule has 1 atom stereocenters. The Morgan fingerprint density at radius 2 is 1.79 bits per heavy atom. The number of rotatable bonds is 4. The van der Waals surface area contributed by atoms with Gasteiger partial charge in [-0.2, -0.15) is 0 Å². The molecular formula is C17H18Br2. The lowest BCUT2D eigenvalue weighted by atomic mass is 9.95. The molecule has 2 aromatic rings. The highest BCUT2D eigenvalue weighted by molar-refractivity contribution is 9.10. The molecule has 0 spiro atoms. The van der Waals surface area contributed by atoms with Crippen LogP contribution in [0.2, 0.25) is 0 Å². The van der Waals surface area contributed by atoms with Gasteiger partial charge < -0.3 is 0 Å². The van der Waals surface area contributed by atoms with E-state index in [1.807, 2.05) is 0 Å². The van der Waals surface area contributed by atoms with Gasteiger partial charge in [-0.3, -0.25) is 0 Å². The van der Waals surface area contributed by atoms with Gasteiger partial charge >= 0.3 is 0 Å². The van der Waals surface area contributed by atoms with Crippen molar-refractivity contribution in [1.82, 2.24) is 0 Å². The van der Waals surface area contributed by atoms with Gasteiger partial charge in [0.25, 0.3) is 0 Å². The van der Waals surface area contributed by atoms with Crippen LogP contribution in [0, 0.1) is 0 Å². The number of aryl methyl sites for hydroxylation is 2. The van der Waals surface area contributed by atoms with Crippen LogP contribution in [0.4, 0.5) is 0 Å². The molecule has 2 aromatic carbocycles. The first-order chi connectivity index (χ1) is 9.15. The highest BCUT2D eigenvalue weighted by Crippen LogP contribution is 2.35. The SMILES string of the molecule is CCc1ccc(CC)c(C(Br)c2cccc(Br)c2)c1. The molecule has 0 aliphatic carbocycles. The van der Waals surface area contributed by atoms with Crippen molar-refractivity contribution in [3.8, 4) is 0 Å². The number of halogens is 2. The number of alkyl halides is 1. The molecule has 2 rings (SSSR count). The molecule has 0 aliphatic rings. The maximum Gasteiger partial charge on any atom is 0.0647 e. The lowest BCUT2D eigenvalue weighted by molar-refractivity contribution is 1.03. The second kappa shape index (κ2) is 6.71. The molecule has 100 valence electrons. The average Bonchev–Trinajstić information content (AvgIpc) is 2.45. The average molecular weight is 382 g/mol. The minimum absolute atomic E-state index is 0.256. The van der Waals surface area contributed by atoms with E-state index in [0.717, 1.165) is 17.3 Å². The van der Waals surface area contributed by atoms with E-state index in [1.165, 1.54) is 22.3 Å². The summed E-state index contributed by atoms with van der Waals surface area (Å²) in [6, 6.07) is 15.3. The number of benzene rings is 2. The second-order valence-electron chi connectivity index (χ2n) is 4.66. The van der Waals surface area contributed by atoms with Crippen LogP contribution in [0.25, 0.3) is 0 Å². The van der Waals surface area contributed by atoms with Crippen LogP contribution in [-0.2, 0) is 12.8 Å². The summed E-state index contributed by atoms with van der Waals surface area (Å²) in [7, 11) is 0. The molecule has 0 saturated carbocycles. The van der Waals surface area contributed by atoms with Crippen molar-refractivity contribution in [2.75, 3.05) is 0 Å². The van der Waals surface area contributed by atoms with Gasteiger partial charge in [-0.15, -0.1) is 0 Å². The molecule has 0 aliphatic heterocycles. The van der Waals surface area contributed by atoms with Crippen LogP contribution in [0.15, 0.2) is 46.9 Å². The van der Waals surface area contributed by atoms with E-state index in [0.29, 0.717) is 0 Å². The number of hydrogen-bond acceptors (Lipinski definition) is 0. The Bertz CT molecular complexity index is 561. The van der Waals surface area contributed by atoms with Gasteiger partial charge in [-0.25, -0.2) is 0 Å². The third-order valence-electron chi connectivity index (χ3n) is 3.41. The van der Waals surface area contributed by atoms with Gasteiger partial charge in [0.15, 0.2) is 0 Å². The van der Waals surface area contributed by atoms with Crippen molar-refractivity contribution in [1.29, 1.82) is 0 Å². The van der Waals surface area contributed by atoms with E-state index in [-0.39, 0.29) is 4.83 Å². The first-order valence-corrected chi connectivity index (χ1v) is 8.37. The first kappa shape index (κ1) is 14.8. The van der Waals surface area contributed by atoms with Crippen LogP contribution in [0.1, 0.15) is 40.9 Å². The van der Waals surface area contributed by atoms with Crippen molar-refractivity contribution in [2.45, 2.75) is 31.5 Å². The van der Waals surface area contributed by atoms with Crippen molar-refractivity contribution >= 4 is 31.9 Å². The fourth-order valence-electron chi connectivity index (χ4n) is 2.27. The summed E-state index contributed by atoms with van der Waals surface area (Å²) in [5.74, 6) is 0. The third-order valence-corrected chi connectivity index (χ3v) is 4.93. The Morgan fingerprint density at radius 3 is 2.42 bits per heavy atom. The van der Waals surface area contributed by atoms with Crippen molar-refractivity contribution in [3.05, 3.63) is 69.2 Å². The smallest absolute Gasteiger partial charge is 0.0647 e. The van der Waals surface area contributed by atoms with Gasteiger partial charge in [0, 0.05) is 4.47 Å². The van der Waals surface area contributed by atoms with E-state index in [9.17, 15) is 0 Å². The van der Waals surface area contributed by atoms with Gasteiger partial charge in [-0.1, -0.05) is 76.0 Å². The van der Waals surface area contributed by atoms with Crippen LogP contribution < -0.4 is 0 Å². The normalized spacial score (nSPS) is 12.4. The molecule has 2 heteroatoms. The van der Waals surface area contributed by atoms with Crippen LogP contribution >= 0.6 is 31.9 Å². The van der Waals surface area contributed by atoms with Crippen molar-refractivity contribution < 1.29 is 0 Å². The van der Waals surface area contributed by atoms with E-state index >= 15 is 0 Å². The molecule has 0 N–H and O–H groups in total. The topological polar surface area (TPSA) is 0 Å². The molecule has 0 amide bonds. The zero-order chi connectivity index (χ0) is 13.8.